The lowest BCUT2D eigenvalue weighted by molar-refractivity contribution is 0.00255. The SMILES string of the molecule is CCC1CNC(C2CC2)CN1CCOC1CCCCC1. The molecule has 3 rings (SSSR count). The molecule has 0 radical (unpaired) electrons. The third-order valence-corrected chi connectivity index (χ3v) is 5.51. The lowest BCUT2D eigenvalue weighted by Gasteiger charge is -2.40. The van der Waals surface area contributed by atoms with Crippen LogP contribution in [-0.2, 0) is 4.74 Å². The first kappa shape index (κ1) is 14.8. The number of nitrogens with zero attached hydrogens (tertiary/aromatic N) is 1. The van der Waals surface area contributed by atoms with E-state index < -0.39 is 0 Å². The van der Waals surface area contributed by atoms with Crippen molar-refractivity contribution in [1.82, 2.24) is 10.2 Å². The maximum atomic E-state index is 6.13. The molecule has 0 amide bonds. The molecule has 1 N–H and O–H groups in total. The summed E-state index contributed by atoms with van der Waals surface area (Å²) in [7, 11) is 0. The van der Waals surface area contributed by atoms with E-state index in [0.29, 0.717) is 6.10 Å². The lowest BCUT2D eigenvalue weighted by Crippen LogP contribution is -2.57. The number of ether oxygens (including phenoxy) is 1. The fourth-order valence-corrected chi connectivity index (χ4v) is 3.94. The normalized spacial score (nSPS) is 33.5. The summed E-state index contributed by atoms with van der Waals surface area (Å²) in [6.45, 7) is 6.83. The molecule has 2 atom stereocenters. The van der Waals surface area contributed by atoms with Crippen LogP contribution in [0.5, 0.6) is 0 Å². The Morgan fingerprint density at radius 1 is 1.10 bits per heavy atom. The second-order valence-corrected chi connectivity index (χ2v) is 7.04. The van der Waals surface area contributed by atoms with Crippen molar-refractivity contribution in [3.63, 3.8) is 0 Å². The minimum absolute atomic E-state index is 0.561. The summed E-state index contributed by atoms with van der Waals surface area (Å²) < 4.78 is 6.13. The zero-order valence-corrected chi connectivity index (χ0v) is 13.2. The van der Waals surface area contributed by atoms with Crippen LogP contribution in [0.3, 0.4) is 0 Å². The largest absolute Gasteiger partial charge is 0.377 e. The van der Waals surface area contributed by atoms with Crippen LogP contribution in [0.1, 0.15) is 58.3 Å². The second-order valence-electron chi connectivity index (χ2n) is 7.04. The fourth-order valence-electron chi connectivity index (χ4n) is 3.94. The number of nitrogens with one attached hydrogen (secondary N) is 1. The molecule has 20 heavy (non-hydrogen) atoms. The van der Waals surface area contributed by atoms with E-state index in [1.807, 2.05) is 0 Å². The van der Waals surface area contributed by atoms with E-state index >= 15 is 0 Å². The summed E-state index contributed by atoms with van der Waals surface area (Å²) in [5.74, 6) is 0.967. The van der Waals surface area contributed by atoms with E-state index in [2.05, 4.69) is 17.1 Å². The Hall–Kier alpha value is -0.120. The van der Waals surface area contributed by atoms with Crippen molar-refractivity contribution < 1.29 is 4.74 Å². The van der Waals surface area contributed by atoms with Crippen molar-refractivity contribution in [1.29, 1.82) is 0 Å². The molecule has 116 valence electrons. The molecular weight excluding hydrogens is 248 g/mol. The molecule has 0 aromatic rings. The third kappa shape index (κ3) is 3.96. The second kappa shape index (κ2) is 7.24. The average molecular weight is 280 g/mol. The molecule has 3 nitrogen and oxygen atoms in total. The zero-order chi connectivity index (χ0) is 13.8. The van der Waals surface area contributed by atoms with Gasteiger partial charge in [-0.25, -0.2) is 0 Å². The van der Waals surface area contributed by atoms with Gasteiger partial charge in [0.25, 0.3) is 0 Å². The maximum Gasteiger partial charge on any atom is 0.0597 e. The molecule has 1 aliphatic heterocycles. The summed E-state index contributed by atoms with van der Waals surface area (Å²) in [5.41, 5.74) is 0. The topological polar surface area (TPSA) is 24.5 Å². The van der Waals surface area contributed by atoms with Gasteiger partial charge in [0.05, 0.1) is 12.7 Å². The van der Waals surface area contributed by atoms with Gasteiger partial charge in [-0.2, -0.15) is 0 Å². The van der Waals surface area contributed by atoms with Crippen LogP contribution in [0.2, 0.25) is 0 Å². The molecule has 0 spiro atoms. The van der Waals surface area contributed by atoms with Crippen molar-refractivity contribution in [2.45, 2.75) is 76.5 Å². The van der Waals surface area contributed by atoms with Gasteiger partial charge in [0.1, 0.15) is 0 Å². The van der Waals surface area contributed by atoms with Crippen LogP contribution in [0.4, 0.5) is 0 Å². The molecule has 2 aliphatic carbocycles. The summed E-state index contributed by atoms with van der Waals surface area (Å²) in [6, 6.07) is 1.48. The number of piperazine rings is 1. The standard InChI is InChI=1S/C17H32N2O/c1-2-15-12-18-17(14-8-9-14)13-19(15)10-11-20-16-6-4-3-5-7-16/h14-18H,2-13H2,1H3. The highest BCUT2D eigenvalue weighted by Gasteiger charge is 2.36. The Labute approximate surface area is 124 Å². The maximum absolute atomic E-state index is 6.13. The van der Waals surface area contributed by atoms with Gasteiger partial charge in [0, 0.05) is 31.7 Å². The Bertz CT molecular complexity index is 287. The Morgan fingerprint density at radius 3 is 2.60 bits per heavy atom. The van der Waals surface area contributed by atoms with E-state index in [4.69, 9.17) is 4.74 Å². The van der Waals surface area contributed by atoms with Gasteiger partial charge in [0.2, 0.25) is 0 Å². The monoisotopic (exact) mass is 280 g/mol. The number of rotatable bonds is 6. The van der Waals surface area contributed by atoms with Crippen LogP contribution in [0, 0.1) is 5.92 Å². The first-order valence-electron chi connectivity index (χ1n) is 8.96. The molecule has 3 heteroatoms. The number of hydrogen-bond acceptors (Lipinski definition) is 3. The van der Waals surface area contributed by atoms with E-state index in [1.54, 1.807) is 0 Å². The highest BCUT2D eigenvalue weighted by atomic mass is 16.5. The van der Waals surface area contributed by atoms with Gasteiger partial charge in [-0.1, -0.05) is 26.2 Å². The number of hydrogen-bond donors (Lipinski definition) is 1. The highest BCUT2D eigenvalue weighted by molar-refractivity contribution is 4.94. The molecule has 0 bridgehead atoms. The van der Waals surface area contributed by atoms with E-state index in [-0.39, 0.29) is 0 Å². The van der Waals surface area contributed by atoms with Crippen molar-refractivity contribution in [3.8, 4) is 0 Å². The molecule has 3 fully saturated rings. The Balaban J connectivity index is 1.41. The Morgan fingerprint density at radius 2 is 1.90 bits per heavy atom. The predicted octanol–water partition coefficient (Wildman–Crippen LogP) is 2.80. The predicted molar refractivity (Wildman–Crippen MR) is 83.0 cm³/mol. The van der Waals surface area contributed by atoms with E-state index in [9.17, 15) is 0 Å². The minimum atomic E-state index is 0.561. The van der Waals surface area contributed by atoms with Gasteiger partial charge in [-0.05, 0) is 38.0 Å². The molecule has 0 aromatic carbocycles. The van der Waals surface area contributed by atoms with Crippen molar-refractivity contribution in [2.24, 2.45) is 5.92 Å². The van der Waals surface area contributed by atoms with E-state index in [0.717, 1.165) is 31.2 Å². The molecular formula is C17H32N2O. The third-order valence-electron chi connectivity index (χ3n) is 5.51. The molecule has 1 saturated heterocycles. The van der Waals surface area contributed by atoms with Crippen LogP contribution < -0.4 is 5.32 Å². The van der Waals surface area contributed by atoms with Crippen LogP contribution in [0.25, 0.3) is 0 Å². The fraction of sp³-hybridized carbons (Fsp3) is 1.00. The van der Waals surface area contributed by atoms with Crippen LogP contribution >= 0.6 is 0 Å². The average Bonchev–Trinajstić information content (AvgIpc) is 3.33. The van der Waals surface area contributed by atoms with Gasteiger partial charge in [0.15, 0.2) is 0 Å². The van der Waals surface area contributed by atoms with Crippen LogP contribution in [-0.4, -0.2) is 49.3 Å². The lowest BCUT2D eigenvalue weighted by atomic mass is 9.98. The molecule has 1 heterocycles. The molecule has 3 aliphatic rings. The zero-order valence-electron chi connectivity index (χ0n) is 13.2. The highest BCUT2D eigenvalue weighted by Crippen LogP contribution is 2.34. The van der Waals surface area contributed by atoms with Crippen molar-refractivity contribution in [2.75, 3.05) is 26.2 Å². The molecule has 2 saturated carbocycles. The summed E-state index contributed by atoms with van der Waals surface area (Å²) in [6.07, 6.45) is 11.5. The van der Waals surface area contributed by atoms with Crippen LogP contribution in [0.15, 0.2) is 0 Å². The van der Waals surface area contributed by atoms with E-state index in [1.165, 1.54) is 64.5 Å². The Kier molecular flexibility index (Phi) is 5.36. The molecule has 0 aromatic heterocycles. The first-order valence-corrected chi connectivity index (χ1v) is 8.96. The van der Waals surface area contributed by atoms with Gasteiger partial charge in [-0.15, -0.1) is 0 Å². The summed E-state index contributed by atoms with van der Waals surface area (Å²) >= 11 is 0. The van der Waals surface area contributed by atoms with Gasteiger partial charge >= 0.3 is 0 Å². The molecule has 2 unspecified atom stereocenters. The van der Waals surface area contributed by atoms with Gasteiger partial charge < -0.3 is 10.1 Å². The smallest absolute Gasteiger partial charge is 0.0597 e. The summed E-state index contributed by atoms with van der Waals surface area (Å²) in [5, 5.41) is 3.77. The summed E-state index contributed by atoms with van der Waals surface area (Å²) in [4.78, 5) is 2.70. The minimum Gasteiger partial charge on any atom is -0.377 e. The van der Waals surface area contributed by atoms with Gasteiger partial charge in [-0.3, -0.25) is 4.90 Å². The quantitative estimate of drug-likeness (QED) is 0.810. The first-order chi connectivity index (χ1) is 9.86. The van der Waals surface area contributed by atoms with Crippen molar-refractivity contribution in [3.05, 3.63) is 0 Å². The van der Waals surface area contributed by atoms with Crippen molar-refractivity contribution >= 4 is 0 Å².